The van der Waals surface area contributed by atoms with E-state index in [9.17, 15) is 14.7 Å². The van der Waals surface area contributed by atoms with Gasteiger partial charge in [0.15, 0.2) is 17.6 Å². The predicted octanol–water partition coefficient (Wildman–Crippen LogP) is 4.32. The summed E-state index contributed by atoms with van der Waals surface area (Å²) in [7, 11) is 0. The van der Waals surface area contributed by atoms with Crippen LogP contribution in [0, 0.1) is 0 Å². The number of phenols is 1. The molecule has 1 atom stereocenters. The van der Waals surface area contributed by atoms with E-state index in [1.165, 1.54) is 6.07 Å². The number of carbonyl (C=O) groups is 2. The summed E-state index contributed by atoms with van der Waals surface area (Å²) in [4.78, 5) is 25.5. The lowest BCUT2D eigenvalue weighted by atomic mass is 10.0. The van der Waals surface area contributed by atoms with Crippen molar-refractivity contribution in [3.05, 3.63) is 59.7 Å². The molecule has 0 heterocycles. The van der Waals surface area contributed by atoms with Crippen molar-refractivity contribution < 1.29 is 24.2 Å². The molecule has 1 amide bonds. The van der Waals surface area contributed by atoms with Crippen molar-refractivity contribution in [2.45, 2.75) is 51.7 Å². The van der Waals surface area contributed by atoms with Crippen LogP contribution in [-0.4, -0.2) is 35.7 Å². The number of aromatic hydroxyl groups is 1. The normalized spacial score (nSPS) is 15.4. The minimum absolute atomic E-state index is 0.0278. The summed E-state index contributed by atoms with van der Waals surface area (Å²) in [5.41, 5.74) is 1.65. The predicted molar refractivity (Wildman–Crippen MR) is 120 cm³/mol. The Morgan fingerprint density at radius 2 is 1.87 bits per heavy atom. The molecule has 1 fully saturated rings. The number of hydrogen-bond donors (Lipinski definition) is 2. The monoisotopic (exact) mass is 423 g/mol. The Kier molecular flexibility index (Phi) is 7.70. The largest absolute Gasteiger partial charge is 0.504 e. The maximum atomic E-state index is 13.0. The standard InChI is InChI=1S/C25H29NO5/c1-3-30-23-16-18(13-14-22(23)27)15-21(19-9-5-4-6-10-19)25(29)31-17(2)24(28)26-20-11-7-8-12-20/h4-6,9-10,13-17,20,27H,3,7-8,11-12H2,1-2H3,(H,26,28)/b21-15+/t17-/m0/s1. The molecular weight excluding hydrogens is 394 g/mol. The van der Waals surface area contributed by atoms with Gasteiger partial charge in [-0.25, -0.2) is 4.79 Å². The number of amides is 1. The van der Waals surface area contributed by atoms with Gasteiger partial charge in [0.2, 0.25) is 0 Å². The fourth-order valence-corrected chi connectivity index (χ4v) is 3.60. The summed E-state index contributed by atoms with van der Waals surface area (Å²) in [6.45, 7) is 3.81. The molecule has 164 valence electrons. The zero-order chi connectivity index (χ0) is 22.2. The van der Waals surface area contributed by atoms with Gasteiger partial charge in [-0.15, -0.1) is 0 Å². The Morgan fingerprint density at radius 3 is 2.55 bits per heavy atom. The summed E-state index contributed by atoms with van der Waals surface area (Å²) in [5.74, 6) is -0.511. The third-order valence-corrected chi connectivity index (χ3v) is 5.25. The number of benzene rings is 2. The third-order valence-electron chi connectivity index (χ3n) is 5.25. The summed E-state index contributed by atoms with van der Waals surface area (Å²) < 4.78 is 10.9. The average Bonchev–Trinajstić information content (AvgIpc) is 3.28. The first kappa shape index (κ1) is 22.4. The van der Waals surface area contributed by atoms with Crippen molar-refractivity contribution in [1.29, 1.82) is 0 Å². The Labute approximate surface area is 182 Å². The van der Waals surface area contributed by atoms with Crippen molar-refractivity contribution in [2.24, 2.45) is 0 Å². The van der Waals surface area contributed by atoms with E-state index in [1.54, 1.807) is 37.3 Å². The fraction of sp³-hybridized carbons (Fsp3) is 0.360. The maximum absolute atomic E-state index is 13.0. The van der Waals surface area contributed by atoms with Crippen molar-refractivity contribution in [3.8, 4) is 11.5 Å². The molecule has 0 saturated heterocycles. The lowest BCUT2D eigenvalue weighted by Crippen LogP contribution is -2.40. The number of rotatable bonds is 8. The molecule has 2 N–H and O–H groups in total. The fourth-order valence-electron chi connectivity index (χ4n) is 3.60. The van der Waals surface area contributed by atoms with Crippen LogP contribution in [0.1, 0.15) is 50.7 Å². The molecule has 0 spiro atoms. The smallest absolute Gasteiger partial charge is 0.339 e. The molecule has 0 aliphatic heterocycles. The molecule has 31 heavy (non-hydrogen) atoms. The van der Waals surface area contributed by atoms with Gasteiger partial charge in [-0.2, -0.15) is 0 Å². The van der Waals surface area contributed by atoms with Gasteiger partial charge in [0.05, 0.1) is 12.2 Å². The first-order valence-corrected chi connectivity index (χ1v) is 10.7. The van der Waals surface area contributed by atoms with Crippen molar-refractivity contribution >= 4 is 23.5 Å². The zero-order valence-electron chi connectivity index (χ0n) is 18.0. The lowest BCUT2D eigenvalue weighted by Gasteiger charge is -2.18. The van der Waals surface area contributed by atoms with E-state index in [4.69, 9.17) is 9.47 Å². The van der Waals surface area contributed by atoms with Gasteiger partial charge in [-0.05, 0) is 56.0 Å². The Bertz CT molecular complexity index is 932. The first-order chi connectivity index (χ1) is 15.0. The van der Waals surface area contributed by atoms with Crippen LogP contribution >= 0.6 is 0 Å². The quantitative estimate of drug-likeness (QED) is 0.375. The Balaban J connectivity index is 1.82. The molecule has 0 aromatic heterocycles. The summed E-state index contributed by atoms with van der Waals surface area (Å²) >= 11 is 0. The minimum atomic E-state index is -0.904. The third kappa shape index (κ3) is 6.10. The van der Waals surface area contributed by atoms with Gasteiger partial charge in [0.1, 0.15) is 0 Å². The van der Waals surface area contributed by atoms with Gasteiger partial charge in [0, 0.05) is 6.04 Å². The molecular formula is C25H29NO5. The highest BCUT2D eigenvalue weighted by Crippen LogP contribution is 2.29. The van der Waals surface area contributed by atoms with E-state index < -0.39 is 12.1 Å². The highest BCUT2D eigenvalue weighted by Gasteiger charge is 2.25. The molecule has 6 heteroatoms. The van der Waals surface area contributed by atoms with Crippen molar-refractivity contribution in [2.75, 3.05) is 6.61 Å². The van der Waals surface area contributed by atoms with Crippen LogP contribution in [0.3, 0.4) is 0 Å². The second kappa shape index (κ2) is 10.7. The molecule has 2 aromatic carbocycles. The number of hydrogen-bond acceptors (Lipinski definition) is 5. The van der Waals surface area contributed by atoms with E-state index in [0.29, 0.717) is 29.1 Å². The van der Waals surface area contributed by atoms with Crippen molar-refractivity contribution in [3.63, 3.8) is 0 Å². The van der Waals surface area contributed by atoms with E-state index in [-0.39, 0.29) is 17.7 Å². The molecule has 0 radical (unpaired) electrons. The van der Waals surface area contributed by atoms with Crippen LogP contribution in [-0.2, 0) is 14.3 Å². The highest BCUT2D eigenvalue weighted by atomic mass is 16.5. The first-order valence-electron chi connectivity index (χ1n) is 10.7. The highest BCUT2D eigenvalue weighted by molar-refractivity contribution is 6.22. The molecule has 3 rings (SSSR count). The van der Waals surface area contributed by atoms with E-state index in [1.807, 2.05) is 25.1 Å². The van der Waals surface area contributed by atoms with Gasteiger partial charge in [-0.1, -0.05) is 49.2 Å². The minimum Gasteiger partial charge on any atom is -0.504 e. The Morgan fingerprint density at radius 1 is 1.16 bits per heavy atom. The van der Waals surface area contributed by atoms with E-state index >= 15 is 0 Å². The second-order valence-corrected chi connectivity index (χ2v) is 7.62. The molecule has 2 aromatic rings. The lowest BCUT2D eigenvalue weighted by molar-refractivity contribution is -0.149. The van der Waals surface area contributed by atoms with Crippen LogP contribution in [0.2, 0.25) is 0 Å². The topological polar surface area (TPSA) is 84.9 Å². The van der Waals surface area contributed by atoms with Gasteiger partial charge in [-0.3, -0.25) is 4.79 Å². The van der Waals surface area contributed by atoms with Crippen LogP contribution in [0.25, 0.3) is 11.6 Å². The number of carbonyl (C=O) groups excluding carboxylic acids is 2. The molecule has 1 saturated carbocycles. The van der Waals surface area contributed by atoms with Crippen LogP contribution in [0.5, 0.6) is 11.5 Å². The summed E-state index contributed by atoms with van der Waals surface area (Å²) in [6, 6.07) is 14.1. The van der Waals surface area contributed by atoms with Crippen LogP contribution in [0.4, 0.5) is 0 Å². The van der Waals surface area contributed by atoms with Crippen molar-refractivity contribution in [1.82, 2.24) is 5.32 Å². The zero-order valence-corrected chi connectivity index (χ0v) is 18.0. The van der Waals surface area contributed by atoms with Gasteiger partial charge >= 0.3 is 5.97 Å². The van der Waals surface area contributed by atoms with Gasteiger partial charge in [0.25, 0.3) is 5.91 Å². The SMILES string of the molecule is CCOc1cc(/C=C(/C(=O)O[C@@H](C)C(=O)NC2CCCC2)c2ccccc2)ccc1O. The molecule has 6 nitrogen and oxygen atoms in total. The summed E-state index contributed by atoms with van der Waals surface area (Å²) in [6.07, 6.45) is 4.90. The molecule has 1 aliphatic carbocycles. The maximum Gasteiger partial charge on any atom is 0.339 e. The number of phenolic OH excluding ortho intramolecular Hbond substituents is 1. The summed E-state index contributed by atoms with van der Waals surface area (Å²) in [5, 5.41) is 12.9. The Hall–Kier alpha value is -3.28. The number of nitrogens with one attached hydrogen (secondary N) is 1. The van der Waals surface area contributed by atoms with Crippen LogP contribution in [0.15, 0.2) is 48.5 Å². The van der Waals surface area contributed by atoms with Crippen LogP contribution < -0.4 is 10.1 Å². The second-order valence-electron chi connectivity index (χ2n) is 7.62. The molecule has 1 aliphatic rings. The van der Waals surface area contributed by atoms with E-state index in [2.05, 4.69) is 5.32 Å². The van der Waals surface area contributed by atoms with Gasteiger partial charge < -0.3 is 19.9 Å². The molecule has 0 unspecified atom stereocenters. The molecule has 0 bridgehead atoms. The number of esters is 1. The number of ether oxygens (including phenoxy) is 2. The van der Waals surface area contributed by atoms with E-state index in [0.717, 1.165) is 25.7 Å². The average molecular weight is 424 g/mol.